The Morgan fingerprint density at radius 2 is 2.31 bits per heavy atom. The summed E-state index contributed by atoms with van der Waals surface area (Å²) in [5.41, 5.74) is 5.92. The molecule has 16 heavy (non-hydrogen) atoms. The van der Waals surface area contributed by atoms with Crippen LogP contribution < -0.4 is 10.5 Å². The highest BCUT2D eigenvalue weighted by molar-refractivity contribution is 7.98. The summed E-state index contributed by atoms with van der Waals surface area (Å²) in [5, 5.41) is 0.935. The molecule has 1 fully saturated rings. The number of ether oxygens (including phenoxy) is 1. The molecule has 88 valence electrons. The van der Waals surface area contributed by atoms with Crippen LogP contribution in [0.15, 0.2) is 17.4 Å². The molecule has 0 saturated heterocycles. The van der Waals surface area contributed by atoms with Crippen LogP contribution in [0.3, 0.4) is 0 Å². The normalized spacial score (nSPS) is 25.4. The molecule has 5 heteroatoms. The summed E-state index contributed by atoms with van der Waals surface area (Å²) in [6.45, 7) is 0. The Hall–Kier alpha value is -0.810. The van der Waals surface area contributed by atoms with E-state index < -0.39 is 0 Å². The Morgan fingerprint density at radius 3 is 3.06 bits per heavy atom. The highest BCUT2D eigenvalue weighted by atomic mass is 32.2. The van der Waals surface area contributed by atoms with Crippen molar-refractivity contribution < 1.29 is 4.74 Å². The fraction of sp³-hybridized carbons (Fsp3) is 0.636. The first kappa shape index (κ1) is 11.7. The molecule has 0 aromatic carbocycles. The second-order valence-electron chi connectivity index (χ2n) is 4.07. The Morgan fingerprint density at radius 1 is 1.44 bits per heavy atom. The predicted molar refractivity (Wildman–Crippen MR) is 64.7 cm³/mol. The number of hydrogen-bond acceptors (Lipinski definition) is 5. The maximum absolute atomic E-state index is 5.92. The van der Waals surface area contributed by atoms with Crippen LogP contribution in [0.25, 0.3) is 0 Å². The van der Waals surface area contributed by atoms with Gasteiger partial charge in [-0.2, -0.15) is 0 Å². The monoisotopic (exact) mass is 239 g/mol. The third kappa shape index (κ3) is 3.09. The van der Waals surface area contributed by atoms with Gasteiger partial charge in [0.25, 0.3) is 0 Å². The molecule has 0 bridgehead atoms. The zero-order valence-electron chi connectivity index (χ0n) is 9.43. The van der Waals surface area contributed by atoms with Crippen LogP contribution in [0, 0.1) is 0 Å². The van der Waals surface area contributed by atoms with Gasteiger partial charge in [0.05, 0.1) is 0 Å². The number of hydrogen-bond donors (Lipinski definition) is 1. The summed E-state index contributed by atoms with van der Waals surface area (Å²) >= 11 is 1.59. The van der Waals surface area contributed by atoms with E-state index in [9.17, 15) is 0 Å². The fourth-order valence-electron chi connectivity index (χ4n) is 1.96. The van der Waals surface area contributed by atoms with Gasteiger partial charge in [-0.05, 0) is 31.9 Å². The number of nitrogens with two attached hydrogens (primary N) is 1. The average molecular weight is 239 g/mol. The molecule has 1 saturated carbocycles. The van der Waals surface area contributed by atoms with Crippen LogP contribution in [0.1, 0.15) is 25.7 Å². The highest BCUT2D eigenvalue weighted by Gasteiger charge is 2.20. The van der Waals surface area contributed by atoms with Crippen LogP contribution in [-0.2, 0) is 0 Å². The Kier molecular flexibility index (Phi) is 4.01. The van der Waals surface area contributed by atoms with Crippen LogP contribution in [0.2, 0.25) is 0 Å². The molecule has 1 aromatic heterocycles. The minimum atomic E-state index is 0.216. The SMILES string of the molecule is CSc1cc(OC2CCCC(N)C2)ncn1. The highest BCUT2D eigenvalue weighted by Crippen LogP contribution is 2.23. The summed E-state index contributed by atoms with van der Waals surface area (Å²) in [5.74, 6) is 0.665. The first-order valence-corrected chi connectivity index (χ1v) is 6.78. The van der Waals surface area contributed by atoms with E-state index in [4.69, 9.17) is 10.5 Å². The van der Waals surface area contributed by atoms with Crippen molar-refractivity contribution in [2.45, 2.75) is 42.9 Å². The van der Waals surface area contributed by atoms with Gasteiger partial charge < -0.3 is 10.5 Å². The Labute approximate surface area is 100.0 Å². The number of rotatable bonds is 3. The molecule has 2 atom stereocenters. The van der Waals surface area contributed by atoms with Crippen LogP contribution in [0.5, 0.6) is 5.88 Å². The zero-order valence-corrected chi connectivity index (χ0v) is 10.2. The van der Waals surface area contributed by atoms with Crippen molar-refractivity contribution in [3.63, 3.8) is 0 Å². The van der Waals surface area contributed by atoms with Crippen molar-refractivity contribution in [2.24, 2.45) is 5.73 Å². The molecule has 2 unspecified atom stereocenters. The lowest BCUT2D eigenvalue weighted by atomic mass is 9.94. The molecular weight excluding hydrogens is 222 g/mol. The molecule has 4 nitrogen and oxygen atoms in total. The van der Waals surface area contributed by atoms with Gasteiger partial charge >= 0.3 is 0 Å². The summed E-state index contributed by atoms with van der Waals surface area (Å²) in [4.78, 5) is 8.23. The lowest BCUT2D eigenvalue weighted by molar-refractivity contribution is 0.138. The molecular formula is C11H17N3OS. The second kappa shape index (κ2) is 5.50. The molecule has 1 aliphatic rings. The van der Waals surface area contributed by atoms with E-state index in [-0.39, 0.29) is 12.1 Å². The molecule has 1 aliphatic carbocycles. The van der Waals surface area contributed by atoms with Crippen molar-refractivity contribution in [3.8, 4) is 5.88 Å². The van der Waals surface area contributed by atoms with E-state index in [0.717, 1.165) is 30.7 Å². The van der Waals surface area contributed by atoms with E-state index in [0.29, 0.717) is 5.88 Å². The van der Waals surface area contributed by atoms with Crippen molar-refractivity contribution in [1.29, 1.82) is 0 Å². The van der Waals surface area contributed by atoms with Crippen molar-refractivity contribution >= 4 is 11.8 Å². The summed E-state index contributed by atoms with van der Waals surface area (Å²) in [7, 11) is 0. The molecule has 1 aromatic rings. The maximum Gasteiger partial charge on any atom is 0.217 e. The number of thioether (sulfide) groups is 1. The molecule has 0 spiro atoms. The lowest BCUT2D eigenvalue weighted by Gasteiger charge is -2.26. The van der Waals surface area contributed by atoms with Gasteiger partial charge in [0.2, 0.25) is 5.88 Å². The molecule has 2 rings (SSSR count). The second-order valence-corrected chi connectivity index (χ2v) is 4.89. The van der Waals surface area contributed by atoms with Gasteiger partial charge in [-0.3, -0.25) is 0 Å². The smallest absolute Gasteiger partial charge is 0.217 e. The third-order valence-corrected chi connectivity index (χ3v) is 3.42. The summed E-state index contributed by atoms with van der Waals surface area (Å²) in [6.07, 6.45) is 8.01. The molecule has 1 heterocycles. The Balaban J connectivity index is 1.97. The minimum Gasteiger partial charge on any atom is -0.474 e. The van der Waals surface area contributed by atoms with Gasteiger partial charge in [-0.15, -0.1) is 11.8 Å². The molecule has 0 radical (unpaired) electrons. The summed E-state index contributed by atoms with van der Waals surface area (Å²) in [6, 6.07) is 2.16. The standard InChI is InChI=1S/C11H17N3OS/c1-16-11-6-10(13-7-14-11)15-9-4-2-3-8(12)5-9/h6-9H,2-5,12H2,1H3. The quantitative estimate of drug-likeness (QED) is 0.644. The fourth-order valence-corrected chi connectivity index (χ4v) is 2.33. The van der Waals surface area contributed by atoms with Gasteiger partial charge in [0.1, 0.15) is 17.5 Å². The topological polar surface area (TPSA) is 61.0 Å². The Bertz CT molecular complexity index is 348. The van der Waals surface area contributed by atoms with Crippen molar-refractivity contribution in [3.05, 3.63) is 12.4 Å². The molecule has 0 aliphatic heterocycles. The number of aromatic nitrogens is 2. The van der Waals surface area contributed by atoms with Crippen molar-refractivity contribution in [2.75, 3.05) is 6.26 Å². The minimum absolute atomic E-state index is 0.216. The van der Waals surface area contributed by atoms with Crippen LogP contribution in [-0.4, -0.2) is 28.4 Å². The van der Waals surface area contributed by atoms with Crippen LogP contribution in [0.4, 0.5) is 0 Å². The lowest BCUT2D eigenvalue weighted by Crippen LogP contribution is -2.33. The summed E-state index contributed by atoms with van der Waals surface area (Å²) < 4.78 is 5.82. The maximum atomic E-state index is 5.92. The first-order chi connectivity index (χ1) is 7.78. The largest absolute Gasteiger partial charge is 0.474 e. The van der Waals surface area contributed by atoms with Gasteiger partial charge in [-0.25, -0.2) is 9.97 Å². The molecule has 0 amide bonds. The first-order valence-electron chi connectivity index (χ1n) is 5.56. The van der Waals surface area contributed by atoms with E-state index in [1.54, 1.807) is 18.1 Å². The van der Waals surface area contributed by atoms with Gasteiger partial charge in [-0.1, -0.05) is 0 Å². The van der Waals surface area contributed by atoms with Crippen LogP contribution >= 0.6 is 11.8 Å². The third-order valence-electron chi connectivity index (χ3n) is 2.78. The van der Waals surface area contributed by atoms with E-state index in [2.05, 4.69) is 9.97 Å². The zero-order chi connectivity index (χ0) is 11.4. The predicted octanol–water partition coefficient (Wildman–Crippen LogP) is 1.85. The van der Waals surface area contributed by atoms with E-state index in [1.165, 1.54) is 0 Å². The van der Waals surface area contributed by atoms with Gasteiger partial charge in [0, 0.05) is 12.1 Å². The average Bonchev–Trinajstić information content (AvgIpc) is 2.29. The number of nitrogens with zero attached hydrogens (tertiary/aromatic N) is 2. The van der Waals surface area contributed by atoms with Crippen molar-refractivity contribution in [1.82, 2.24) is 9.97 Å². The van der Waals surface area contributed by atoms with E-state index >= 15 is 0 Å². The molecule has 2 N–H and O–H groups in total. The van der Waals surface area contributed by atoms with Gasteiger partial charge in [0.15, 0.2) is 0 Å². The van der Waals surface area contributed by atoms with E-state index in [1.807, 2.05) is 12.3 Å².